The van der Waals surface area contributed by atoms with Crippen LogP contribution in [0.25, 0.3) is 0 Å². The first kappa shape index (κ1) is 18.0. The number of amides is 1. The highest BCUT2D eigenvalue weighted by Gasteiger charge is 2.08. The molecule has 0 aliphatic heterocycles. The van der Waals surface area contributed by atoms with Crippen LogP contribution < -0.4 is 10.2 Å². The molecular weight excluding hydrogens is 374 g/mol. The van der Waals surface area contributed by atoms with Crippen LogP contribution in [0.4, 0.5) is 5.69 Å². The van der Waals surface area contributed by atoms with E-state index >= 15 is 0 Å². The molecule has 2 aromatic rings. The van der Waals surface area contributed by atoms with Gasteiger partial charge in [-0.3, -0.25) is 9.69 Å². The Hall–Kier alpha value is -1.37. The van der Waals surface area contributed by atoms with Crippen LogP contribution in [0, 0.1) is 0 Å². The Labute approximate surface area is 150 Å². The molecule has 6 heteroatoms. The number of carbonyl (C=O) groups is 1. The molecule has 0 atom stereocenters. The van der Waals surface area contributed by atoms with Crippen LogP contribution in [0.5, 0.6) is 0 Å². The first-order valence-corrected chi connectivity index (χ1v) is 9.05. The van der Waals surface area contributed by atoms with E-state index in [4.69, 9.17) is 0 Å². The van der Waals surface area contributed by atoms with Crippen LogP contribution in [0.2, 0.25) is 0 Å². The lowest BCUT2D eigenvalue weighted by molar-refractivity contribution is -0.122. The molecule has 1 N–H and O–H groups in total. The maximum Gasteiger partial charge on any atom is 0.234 e. The largest absolute Gasteiger partial charge is 0.378 e. The van der Waals surface area contributed by atoms with E-state index < -0.39 is 0 Å². The Balaban J connectivity index is 1.75. The van der Waals surface area contributed by atoms with Crippen LogP contribution in [0.1, 0.15) is 10.4 Å². The third-order valence-electron chi connectivity index (χ3n) is 3.40. The van der Waals surface area contributed by atoms with E-state index in [9.17, 15) is 4.79 Å². The number of nitrogens with zero attached hydrogens (tertiary/aromatic N) is 2. The zero-order valence-electron chi connectivity index (χ0n) is 13.7. The molecular formula is C17H22BrN3OS. The molecule has 0 aliphatic carbocycles. The van der Waals surface area contributed by atoms with E-state index in [2.05, 4.69) is 49.7 Å². The third kappa shape index (κ3) is 5.97. The average Bonchev–Trinajstić information content (AvgIpc) is 2.90. The Morgan fingerprint density at radius 1 is 1.22 bits per heavy atom. The van der Waals surface area contributed by atoms with Gasteiger partial charge in [0.15, 0.2) is 0 Å². The van der Waals surface area contributed by atoms with E-state index in [-0.39, 0.29) is 5.91 Å². The quantitative estimate of drug-likeness (QED) is 0.780. The van der Waals surface area contributed by atoms with Crippen molar-refractivity contribution < 1.29 is 4.79 Å². The lowest BCUT2D eigenvalue weighted by Crippen LogP contribution is -2.34. The van der Waals surface area contributed by atoms with E-state index in [1.807, 2.05) is 38.2 Å². The summed E-state index contributed by atoms with van der Waals surface area (Å²) in [6.07, 6.45) is 0. The number of rotatable bonds is 7. The smallest absolute Gasteiger partial charge is 0.234 e. The third-order valence-corrected chi connectivity index (χ3v) is 5.09. The number of anilines is 1. The fraction of sp³-hybridized carbons (Fsp3) is 0.353. The lowest BCUT2D eigenvalue weighted by Gasteiger charge is -2.16. The fourth-order valence-corrected chi connectivity index (χ4v) is 3.70. The van der Waals surface area contributed by atoms with Crippen molar-refractivity contribution in [3.63, 3.8) is 0 Å². The average molecular weight is 396 g/mol. The second-order valence-corrected chi connectivity index (χ2v) is 7.65. The molecule has 23 heavy (non-hydrogen) atoms. The standard InChI is InChI=1S/C17H22BrN3OS/c1-20(2)15-6-4-13(5-7-15)9-19-17(22)11-21(3)10-16-8-14(18)12-23-16/h4-8,12H,9-11H2,1-3H3,(H,19,22). The molecule has 2 rings (SSSR count). The van der Waals surface area contributed by atoms with Crippen molar-refractivity contribution in [2.75, 3.05) is 32.6 Å². The number of nitrogens with one attached hydrogen (secondary N) is 1. The van der Waals surface area contributed by atoms with Crippen molar-refractivity contribution in [1.82, 2.24) is 10.2 Å². The second kappa shape index (κ2) is 8.47. The molecule has 0 saturated carbocycles. The summed E-state index contributed by atoms with van der Waals surface area (Å²) in [4.78, 5) is 17.3. The number of hydrogen-bond acceptors (Lipinski definition) is 4. The van der Waals surface area contributed by atoms with Gasteiger partial charge >= 0.3 is 0 Å². The van der Waals surface area contributed by atoms with Crippen molar-refractivity contribution in [3.8, 4) is 0 Å². The summed E-state index contributed by atoms with van der Waals surface area (Å²) < 4.78 is 1.09. The molecule has 0 radical (unpaired) electrons. The summed E-state index contributed by atoms with van der Waals surface area (Å²) in [7, 11) is 5.98. The highest BCUT2D eigenvalue weighted by atomic mass is 79.9. The van der Waals surface area contributed by atoms with Gasteiger partial charge in [-0.2, -0.15) is 0 Å². The Morgan fingerprint density at radius 3 is 2.48 bits per heavy atom. The van der Waals surface area contributed by atoms with E-state index in [1.165, 1.54) is 4.88 Å². The van der Waals surface area contributed by atoms with Gasteiger partial charge in [-0.25, -0.2) is 0 Å². The van der Waals surface area contributed by atoms with Gasteiger partial charge in [-0.1, -0.05) is 12.1 Å². The first-order chi connectivity index (χ1) is 10.9. The maximum atomic E-state index is 12.0. The van der Waals surface area contributed by atoms with Crippen molar-refractivity contribution in [1.29, 1.82) is 0 Å². The summed E-state index contributed by atoms with van der Waals surface area (Å²) in [5, 5.41) is 5.03. The molecule has 0 bridgehead atoms. The number of carbonyl (C=O) groups excluding carboxylic acids is 1. The number of halogens is 1. The Kier molecular flexibility index (Phi) is 6.62. The predicted octanol–water partition coefficient (Wildman–Crippen LogP) is 3.32. The van der Waals surface area contributed by atoms with E-state index in [0.29, 0.717) is 13.1 Å². The number of thiophene rings is 1. The van der Waals surface area contributed by atoms with Crippen molar-refractivity contribution in [2.45, 2.75) is 13.1 Å². The Morgan fingerprint density at radius 2 is 1.91 bits per heavy atom. The molecule has 1 amide bonds. The molecule has 0 saturated heterocycles. The summed E-state index contributed by atoms with van der Waals surface area (Å²) in [5.41, 5.74) is 2.26. The lowest BCUT2D eigenvalue weighted by atomic mass is 10.2. The van der Waals surface area contributed by atoms with Crippen LogP contribution in [0.15, 0.2) is 40.2 Å². The minimum absolute atomic E-state index is 0.0415. The molecule has 124 valence electrons. The molecule has 4 nitrogen and oxygen atoms in total. The van der Waals surface area contributed by atoms with Gasteiger partial charge in [0.25, 0.3) is 0 Å². The maximum absolute atomic E-state index is 12.0. The topological polar surface area (TPSA) is 35.6 Å². The molecule has 1 heterocycles. The molecule has 1 aromatic heterocycles. The molecule has 0 fully saturated rings. The van der Waals surface area contributed by atoms with Gasteiger partial charge in [0.05, 0.1) is 6.54 Å². The minimum Gasteiger partial charge on any atom is -0.378 e. The number of hydrogen-bond donors (Lipinski definition) is 1. The van der Waals surface area contributed by atoms with Crippen LogP contribution in [-0.2, 0) is 17.9 Å². The van der Waals surface area contributed by atoms with Crippen LogP contribution >= 0.6 is 27.3 Å². The highest BCUT2D eigenvalue weighted by molar-refractivity contribution is 9.10. The molecule has 0 aliphatic rings. The normalized spacial score (nSPS) is 10.8. The summed E-state index contributed by atoms with van der Waals surface area (Å²) in [6, 6.07) is 10.3. The molecule has 1 aromatic carbocycles. The van der Waals surface area contributed by atoms with E-state index in [1.54, 1.807) is 11.3 Å². The highest BCUT2D eigenvalue weighted by Crippen LogP contribution is 2.20. The number of benzene rings is 1. The zero-order chi connectivity index (χ0) is 16.8. The van der Waals surface area contributed by atoms with Crippen molar-refractivity contribution in [3.05, 3.63) is 50.6 Å². The van der Waals surface area contributed by atoms with Gasteiger partial charge in [0.1, 0.15) is 0 Å². The summed E-state index contributed by atoms with van der Waals surface area (Å²) in [6.45, 7) is 1.73. The first-order valence-electron chi connectivity index (χ1n) is 7.38. The number of likely N-dealkylation sites (N-methyl/N-ethyl adjacent to an activating group) is 1. The van der Waals surface area contributed by atoms with Gasteiger partial charge in [0, 0.05) is 47.6 Å². The zero-order valence-corrected chi connectivity index (χ0v) is 16.1. The molecule has 0 spiro atoms. The summed E-state index contributed by atoms with van der Waals surface area (Å²) >= 11 is 5.14. The van der Waals surface area contributed by atoms with E-state index in [0.717, 1.165) is 22.3 Å². The SMILES string of the molecule is CN(CC(=O)NCc1ccc(N(C)C)cc1)Cc1cc(Br)cs1. The van der Waals surface area contributed by atoms with Gasteiger partial charge in [-0.05, 0) is 46.7 Å². The van der Waals surface area contributed by atoms with Gasteiger partial charge in [-0.15, -0.1) is 11.3 Å². The molecule has 0 unspecified atom stereocenters. The minimum atomic E-state index is 0.0415. The van der Waals surface area contributed by atoms with Gasteiger partial charge in [0.2, 0.25) is 5.91 Å². The fourth-order valence-electron chi connectivity index (χ4n) is 2.17. The Bertz CT molecular complexity index is 640. The van der Waals surface area contributed by atoms with Crippen molar-refractivity contribution >= 4 is 38.9 Å². The monoisotopic (exact) mass is 395 g/mol. The van der Waals surface area contributed by atoms with Crippen molar-refractivity contribution in [2.24, 2.45) is 0 Å². The van der Waals surface area contributed by atoms with Crippen LogP contribution in [0.3, 0.4) is 0 Å². The predicted molar refractivity (Wildman–Crippen MR) is 101 cm³/mol. The summed E-state index contributed by atoms with van der Waals surface area (Å²) in [5.74, 6) is 0.0415. The van der Waals surface area contributed by atoms with Gasteiger partial charge < -0.3 is 10.2 Å². The second-order valence-electron chi connectivity index (χ2n) is 5.74. The van der Waals surface area contributed by atoms with Crippen LogP contribution in [-0.4, -0.2) is 38.5 Å².